The van der Waals surface area contributed by atoms with Crippen LogP contribution in [0.25, 0.3) is 0 Å². The number of aryl methyl sites for hydroxylation is 1. The first kappa shape index (κ1) is 95.1. The van der Waals surface area contributed by atoms with Gasteiger partial charge in [0.1, 0.15) is 6.04 Å². The molecule has 29 heteroatoms. The Morgan fingerprint density at radius 1 is 0.615 bits per heavy atom. The maximum absolute atomic E-state index is 14.9. The summed E-state index contributed by atoms with van der Waals surface area (Å²) in [6, 6.07) is 6.64. The summed E-state index contributed by atoms with van der Waals surface area (Å²) in [6.45, 7) is 26.6. The molecule has 1 unspecified atom stereocenters. The number of methoxy groups -OCH3 is 1. The van der Waals surface area contributed by atoms with Gasteiger partial charge in [-0.05, 0) is 123 Å². The standard InChI is InChI=1S/C80H128BrN13O15/c1-57(2)24-29-83-48-59(5)44-63(9)76(102)91(34-17-32-87-39-30-84-56-87)49-60(6)45-65(11)78(104)93(38-26-75(100)101)50-61(7)46-66(12)79(105)94(40-31-85-67(13)95)51-62(8)47-64(10)77(103)92(36-19-42-108-58(3)4)55-74(99)89(35-18-41-107-14)53-73(98)90(37-25-68-20-22-69(81)23-21-68)54-72(97)88(33-16-15-28-82)52-71(96)86-70-27-43-109-80(70)106/h20-23,30,39,44-47,56-58,63-66,70,83H,15-19,24-29,31-38,40-43,48-55,82H2,1-14H3,(H,85,95)(H,86,96)(H,100,101)/b59-44+,60-45+,61-46+,62-47+/t63-,64-,65-,66-,70?/m1/s1. The van der Waals surface area contributed by atoms with Crippen LogP contribution in [-0.2, 0) is 79.9 Å². The summed E-state index contributed by atoms with van der Waals surface area (Å²) in [5.74, 6) is -7.49. The first-order valence-electron chi connectivity index (χ1n) is 38.5. The number of carboxylic acid groups (broad SMARTS) is 1. The van der Waals surface area contributed by atoms with E-state index in [9.17, 15) is 57.8 Å². The number of hydrogen-bond donors (Lipinski definition) is 5. The van der Waals surface area contributed by atoms with Crippen LogP contribution < -0.4 is 21.7 Å². The molecule has 0 aliphatic carbocycles. The number of nitrogens with two attached hydrogens (primary N) is 1. The van der Waals surface area contributed by atoms with Gasteiger partial charge in [-0.1, -0.05) is 116 Å². The number of benzene rings is 1. The highest BCUT2D eigenvalue weighted by Crippen LogP contribution is 2.20. The Morgan fingerprint density at radius 2 is 1.10 bits per heavy atom. The van der Waals surface area contributed by atoms with Crippen LogP contribution in [0.3, 0.4) is 0 Å². The SMILES string of the molecule is COCCCN(CC(=O)N(CCc1ccc(Br)cc1)CC(=O)N(CCCCN)CC(=O)NC1CCOC1=O)C(=O)CN(CCCOC(C)C)C(=O)[C@H](C)/C=C(\C)CN(CCNC(C)=O)C(=O)[C@H](C)/C=C(\C)CN(CCC(=O)O)C(=O)[C@H](C)/C=C(\C)CN(CCCn1ccnc1)C(=O)[C@H](C)/C=C(\C)CNCCC(C)C. The van der Waals surface area contributed by atoms with Gasteiger partial charge in [-0.25, -0.2) is 9.78 Å². The van der Waals surface area contributed by atoms with Crippen LogP contribution >= 0.6 is 15.9 Å². The molecule has 1 saturated heterocycles. The third-order valence-electron chi connectivity index (χ3n) is 18.2. The molecule has 109 heavy (non-hydrogen) atoms. The zero-order valence-electron chi connectivity index (χ0n) is 67.5. The van der Waals surface area contributed by atoms with Gasteiger partial charge in [0.05, 0.1) is 75.3 Å². The third-order valence-corrected chi connectivity index (χ3v) is 18.8. The first-order valence-corrected chi connectivity index (χ1v) is 39.3. The number of unbranched alkanes of at least 4 members (excludes halogenated alkanes) is 1. The number of esters is 1. The normalized spacial score (nSPS) is 14.5. The smallest absolute Gasteiger partial charge is 0.328 e. The maximum atomic E-state index is 14.9. The molecule has 6 N–H and O–H groups in total. The quantitative estimate of drug-likeness (QED) is 0.0262. The number of carbonyl (C=O) groups excluding carboxylic acids is 10. The van der Waals surface area contributed by atoms with Gasteiger partial charge >= 0.3 is 11.9 Å². The Balaban J connectivity index is 1.93. The number of carbonyl (C=O) groups is 11. The largest absolute Gasteiger partial charge is 0.481 e. The average Bonchev–Trinajstić information content (AvgIpc) is 0.936. The van der Waals surface area contributed by atoms with Crippen molar-refractivity contribution in [3.63, 3.8) is 0 Å². The first-order chi connectivity index (χ1) is 51.7. The molecule has 1 aromatic carbocycles. The van der Waals surface area contributed by atoms with E-state index in [1.54, 1.807) is 64.2 Å². The van der Waals surface area contributed by atoms with Crippen LogP contribution in [0.15, 0.2) is 94.1 Å². The maximum Gasteiger partial charge on any atom is 0.328 e. The van der Waals surface area contributed by atoms with Crippen LogP contribution in [0.1, 0.15) is 147 Å². The van der Waals surface area contributed by atoms with E-state index in [2.05, 4.69) is 50.7 Å². The van der Waals surface area contributed by atoms with Crippen molar-refractivity contribution in [2.75, 3.05) is 145 Å². The fraction of sp³-hybridized carbons (Fsp3) is 0.650. The molecule has 1 aliphatic rings. The lowest BCUT2D eigenvalue weighted by atomic mass is 10.0. The second-order valence-electron chi connectivity index (χ2n) is 29.4. The van der Waals surface area contributed by atoms with E-state index in [1.165, 1.54) is 38.5 Å². The molecule has 2 aromatic rings. The van der Waals surface area contributed by atoms with Gasteiger partial charge < -0.3 is 79.9 Å². The lowest BCUT2D eigenvalue weighted by molar-refractivity contribution is -0.147. The van der Waals surface area contributed by atoms with Crippen molar-refractivity contribution in [3.05, 3.63) is 99.6 Å². The molecule has 9 amide bonds. The number of rotatable bonds is 54. The number of cyclic esters (lactones) is 1. The summed E-state index contributed by atoms with van der Waals surface area (Å²) in [6.07, 6.45) is 16.2. The Bertz CT molecular complexity index is 3320. The molecule has 0 spiro atoms. The number of amides is 9. The minimum absolute atomic E-state index is 0.0114. The van der Waals surface area contributed by atoms with E-state index in [4.69, 9.17) is 19.9 Å². The van der Waals surface area contributed by atoms with Crippen molar-refractivity contribution in [2.24, 2.45) is 35.3 Å². The van der Waals surface area contributed by atoms with E-state index in [0.717, 1.165) is 34.1 Å². The van der Waals surface area contributed by atoms with Gasteiger partial charge in [0, 0.05) is 136 Å². The van der Waals surface area contributed by atoms with Gasteiger partial charge in [-0.15, -0.1) is 0 Å². The minimum Gasteiger partial charge on any atom is -0.481 e. The molecular weight excluding hydrogens is 1460 g/mol. The summed E-state index contributed by atoms with van der Waals surface area (Å²) in [7, 11) is 1.51. The molecule has 2 heterocycles. The van der Waals surface area contributed by atoms with Gasteiger partial charge in [0.2, 0.25) is 53.2 Å². The molecule has 610 valence electrons. The lowest BCUT2D eigenvalue weighted by Gasteiger charge is -2.32. The second kappa shape index (κ2) is 52.1. The summed E-state index contributed by atoms with van der Waals surface area (Å²) >= 11 is 3.47. The molecule has 5 atom stereocenters. The van der Waals surface area contributed by atoms with Crippen LogP contribution in [0.5, 0.6) is 0 Å². The number of aromatic nitrogens is 2. The number of halogens is 1. The van der Waals surface area contributed by atoms with Crippen LogP contribution in [0.2, 0.25) is 0 Å². The summed E-state index contributed by atoms with van der Waals surface area (Å²) in [5, 5.41) is 18.7. The highest BCUT2D eigenvalue weighted by molar-refractivity contribution is 9.10. The Morgan fingerprint density at radius 3 is 1.60 bits per heavy atom. The van der Waals surface area contributed by atoms with Crippen LogP contribution in [0, 0.1) is 29.6 Å². The summed E-state index contributed by atoms with van der Waals surface area (Å²) in [5.41, 5.74) is 9.76. The van der Waals surface area contributed by atoms with Crippen molar-refractivity contribution in [1.29, 1.82) is 0 Å². The number of nitrogens with one attached hydrogen (secondary N) is 3. The number of aliphatic carboxylic acids is 1. The monoisotopic (exact) mass is 1590 g/mol. The van der Waals surface area contributed by atoms with E-state index >= 15 is 0 Å². The number of hydrogen-bond acceptors (Lipinski definition) is 17. The summed E-state index contributed by atoms with van der Waals surface area (Å²) < 4.78 is 19.0. The van der Waals surface area contributed by atoms with E-state index in [-0.39, 0.29) is 121 Å². The van der Waals surface area contributed by atoms with Crippen LogP contribution in [-0.4, -0.2) is 271 Å². The van der Waals surface area contributed by atoms with Crippen molar-refractivity contribution < 1.29 is 72.1 Å². The molecule has 28 nitrogen and oxygen atoms in total. The molecular formula is C80H128BrN13O15. The van der Waals surface area contributed by atoms with Gasteiger partial charge in [0.25, 0.3) is 0 Å². The molecule has 0 saturated carbocycles. The number of nitrogens with zero attached hydrogens (tertiary/aromatic N) is 9. The minimum atomic E-state index is -1.09. The van der Waals surface area contributed by atoms with Gasteiger partial charge in [-0.3, -0.25) is 47.9 Å². The second-order valence-corrected chi connectivity index (χ2v) is 30.3. The molecule has 1 fully saturated rings. The Labute approximate surface area is 655 Å². The molecule has 1 aliphatic heterocycles. The molecule has 3 rings (SSSR count). The summed E-state index contributed by atoms with van der Waals surface area (Å²) in [4.78, 5) is 166. The van der Waals surface area contributed by atoms with E-state index < -0.39 is 97.4 Å². The molecule has 0 bridgehead atoms. The van der Waals surface area contributed by atoms with Crippen molar-refractivity contribution in [2.45, 2.75) is 166 Å². The lowest BCUT2D eigenvalue weighted by Crippen LogP contribution is -2.52. The zero-order chi connectivity index (χ0) is 81.1. The predicted molar refractivity (Wildman–Crippen MR) is 424 cm³/mol. The third kappa shape index (κ3) is 38.9. The van der Waals surface area contributed by atoms with Gasteiger partial charge in [0.15, 0.2) is 0 Å². The van der Waals surface area contributed by atoms with Crippen molar-refractivity contribution >= 4 is 81.0 Å². The molecule has 0 radical (unpaired) electrons. The van der Waals surface area contributed by atoms with Crippen molar-refractivity contribution in [1.82, 2.24) is 59.8 Å². The Kier molecular flexibility index (Phi) is 45.5. The zero-order valence-corrected chi connectivity index (χ0v) is 69.0. The Hall–Kier alpha value is -8.12. The number of imidazole rings is 1. The molecule has 1 aromatic heterocycles. The van der Waals surface area contributed by atoms with Gasteiger partial charge in [-0.2, -0.15) is 0 Å². The van der Waals surface area contributed by atoms with Crippen molar-refractivity contribution in [3.8, 4) is 0 Å². The highest BCUT2D eigenvalue weighted by Gasteiger charge is 2.33. The number of ether oxygens (including phenoxy) is 3. The predicted octanol–water partition coefficient (Wildman–Crippen LogP) is 6.68. The highest BCUT2D eigenvalue weighted by atomic mass is 79.9. The fourth-order valence-corrected chi connectivity index (χ4v) is 12.8. The fourth-order valence-electron chi connectivity index (χ4n) is 12.5. The van der Waals surface area contributed by atoms with Crippen LogP contribution in [0.4, 0.5) is 0 Å². The van der Waals surface area contributed by atoms with E-state index in [0.29, 0.717) is 88.2 Å². The average molecular weight is 1590 g/mol. The topological polar surface area (TPSA) is 338 Å². The van der Waals surface area contributed by atoms with E-state index in [1.807, 2.05) is 86.7 Å². The number of carboxylic acids is 1.